The number of hydrogen-bond acceptors (Lipinski definition) is 4. The lowest BCUT2D eigenvalue weighted by Crippen LogP contribution is -2.43. The van der Waals surface area contributed by atoms with Gasteiger partial charge in [-0.05, 0) is 55.9 Å². The van der Waals surface area contributed by atoms with E-state index in [9.17, 15) is 9.59 Å². The van der Waals surface area contributed by atoms with Crippen molar-refractivity contribution in [2.75, 3.05) is 46.2 Å². The smallest absolute Gasteiger partial charge is 0.309 e. The fourth-order valence-corrected chi connectivity index (χ4v) is 3.04. The number of rotatable bonds is 8. The number of amides is 2. The Morgan fingerprint density at radius 2 is 1.48 bits per heavy atom. The van der Waals surface area contributed by atoms with E-state index >= 15 is 0 Å². The van der Waals surface area contributed by atoms with E-state index < -0.39 is 11.8 Å². The number of halogens is 1. The lowest BCUT2D eigenvalue weighted by atomic mass is 10.1. The van der Waals surface area contributed by atoms with Crippen molar-refractivity contribution < 1.29 is 9.59 Å². The van der Waals surface area contributed by atoms with Gasteiger partial charge in [-0.3, -0.25) is 9.59 Å². The Morgan fingerprint density at radius 3 is 2.03 bits per heavy atom. The van der Waals surface area contributed by atoms with Gasteiger partial charge in [0, 0.05) is 37.9 Å². The Kier molecular flexibility index (Phi) is 8.49. The maximum Gasteiger partial charge on any atom is 0.309 e. The van der Waals surface area contributed by atoms with Crippen LogP contribution in [0.5, 0.6) is 0 Å². The summed E-state index contributed by atoms with van der Waals surface area (Å²) in [4.78, 5) is 28.3. The van der Waals surface area contributed by atoms with Gasteiger partial charge in [0.1, 0.15) is 0 Å². The third-order valence-corrected chi connectivity index (χ3v) is 4.94. The van der Waals surface area contributed by atoms with E-state index in [0.717, 1.165) is 16.8 Å². The van der Waals surface area contributed by atoms with E-state index in [1.54, 1.807) is 12.1 Å². The van der Waals surface area contributed by atoms with Gasteiger partial charge in [-0.2, -0.15) is 0 Å². The van der Waals surface area contributed by atoms with Gasteiger partial charge in [0.15, 0.2) is 0 Å². The van der Waals surface area contributed by atoms with E-state index in [1.807, 2.05) is 74.4 Å². The lowest BCUT2D eigenvalue weighted by Gasteiger charge is -2.25. The number of benzene rings is 2. The third kappa shape index (κ3) is 7.07. The molecule has 0 bridgehead atoms. The molecule has 0 aromatic heterocycles. The molecule has 0 unspecified atom stereocenters. The minimum absolute atomic E-state index is 0.0305. The first-order valence-corrected chi connectivity index (χ1v) is 9.90. The molecule has 2 amide bonds. The van der Waals surface area contributed by atoms with Crippen LogP contribution in [-0.2, 0) is 16.0 Å². The van der Waals surface area contributed by atoms with Crippen LogP contribution >= 0.6 is 11.6 Å². The molecule has 0 aliphatic heterocycles. The van der Waals surface area contributed by atoms with Gasteiger partial charge in [0.2, 0.25) is 0 Å². The molecule has 0 saturated heterocycles. The SMILES string of the molecule is CN(C)c1ccc([C@H](CNC(=O)C(=O)NCCc2ccc(Cl)cc2)N(C)C)cc1. The second-order valence-corrected chi connectivity index (χ2v) is 7.74. The number of nitrogens with one attached hydrogen (secondary N) is 2. The second-order valence-electron chi connectivity index (χ2n) is 7.31. The monoisotopic (exact) mass is 416 g/mol. The van der Waals surface area contributed by atoms with Crippen molar-refractivity contribution in [2.24, 2.45) is 0 Å². The van der Waals surface area contributed by atoms with Crippen molar-refractivity contribution in [3.05, 3.63) is 64.7 Å². The van der Waals surface area contributed by atoms with Crippen LogP contribution in [0.2, 0.25) is 5.02 Å². The molecule has 0 radical (unpaired) electrons. The normalized spacial score (nSPS) is 11.8. The minimum atomic E-state index is -0.627. The van der Waals surface area contributed by atoms with Gasteiger partial charge in [-0.25, -0.2) is 0 Å². The van der Waals surface area contributed by atoms with Crippen LogP contribution in [0.25, 0.3) is 0 Å². The zero-order chi connectivity index (χ0) is 21.4. The number of likely N-dealkylation sites (N-methyl/N-ethyl adjacent to an activating group) is 1. The quantitative estimate of drug-likeness (QED) is 0.649. The predicted octanol–water partition coefficient (Wildman–Crippen LogP) is 2.48. The molecule has 0 saturated carbocycles. The van der Waals surface area contributed by atoms with Crippen LogP contribution < -0.4 is 15.5 Å². The molecular formula is C22H29ClN4O2. The summed E-state index contributed by atoms with van der Waals surface area (Å²) in [7, 11) is 7.88. The molecule has 7 heteroatoms. The number of anilines is 1. The number of nitrogens with zero attached hydrogens (tertiary/aromatic N) is 2. The van der Waals surface area contributed by atoms with Crippen molar-refractivity contribution in [3.63, 3.8) is 0 Å². The molecule has 2 N–H and O–H groups in total. The maximum absolute atomic E-state index is 12.2. The Morgan fingerprint density at radius 1 is 0.897 bits per heavy atom. The van der Waals surface area contributed by atoms with E-state index in [0.29, 0.717) is 24.5 Å². The van der Waals surface area contributed by atoms with E-state index in [1.165, 1.54) is 0 Å². The molecule has 2 rings (SSSR count). The van der Waals surface area contributed by atoms with Crippen molar-refractivity contribution in [1.82, 2.24) is 15.5 Å². The zero-order valence-corrected chi connectivity index (χ0v) is 18.2. The molecule has 0 aliphatic rings. The van der Waals surface area contributed by atoms with Gasteiger partial charge < -0.3 is 20.4 Å². The average Bonchev–Trinajstić information content (AvgIpc) is 2.69. The van der Waals surface area contributed by atoms with Crippen molar-refractivity contribution >= 4 is 29.1 Å². The molecule has 1 atom stereocenters. The molecular weight excluding hydrogens is 388 g/mol. The maximum atomic E-state index is 12.2. The van der Waals surface area contributed by atoms with Gasteiger partial charge >= 0.3 is 11.8 Å². The van der Waals surface area contributed by atoms with Crippen LogP contribution in [0.1, 0.15) is 17.2 Å². The molecule has 156 valence electrons. The molecule has 2 aromatic rings. The predicted molar refractivity (Wildman–Crippen MR) is 118 cm³/mol. The minimum Gasteiger partial charge on any atom is -0.378 e. The highest BCUT2D eigenvalue weighted by molar-refractivity contribution is 6.35. The lowest BCUT2D eigenvalue weighted by molar-refractivity contribution is -0.139. The highest BCUT2D eigenvalue weighted by atomic mass is 35.5. The first-order valence-electron chi connectivity index (χ1n) is 9.52. The highest BCUT2D eigenvalue weighted by Crippen LogP contribution is 2.20. The van der Waals surface area contributed by atoms with Crippen LogP contribution in [0.4, 0.5) is 5.69 Å². The van der Waals surface area contributed by atoms with E-state index in [-0.39, 0.29) is 6.04 Å². The van der Waals surface area contributed by atoms with Crippen LogP contribution in [-0.4, -0.2) is 58.0 Å². The van der Waals surface area contributed by atoms with Crippen LogP contribution in [0.3, 0.4) is 0 Å². The topological polar surface area (TPSA) is 64.7 Å². The summed E-state index contributed by atoms with van der Waals surface area (Å²) in [6.07, 6.45) is 0.634. The fraction of sp³-hybridized carbons (Fsp3) is 0.364. The summed E-state index contributed by atoms with van der Waals surface area (Å²) >= 11 is 5.86. The summed E-state index contributed by atoms with van der Waals surface area (Å²) in [5.41, 5.74) is 3.23. The Hall–Kier alpha value is -2.57. The number of hydrogen-bond donors (Lipinski definition) is 2. The summed E-state index contributed by atoms with van der Waals surface area (Å²) in [5.74, 6) is -1.25. The number of carbonyl (C=O) groups excluding carboxylic acids is 2. The summed E-state index contributed by atoms with van der Waals surface area (Å²) in [5, 5.41) is 6.06. The first-order chi connectivity index (χ1) is 13.8. The molecule has 2 aromatic carbocycles. The standard InChI is InChI=1S/C22H29ClN4O2/c1-26(2)19-11-7-17(8-12-19)20(27(3)4)15-25-22(29)21(28)24-14-13-16-5-9-18(23)10-6-16/h5-12,20H,13-15H2,1-4H3,(H,24,28)(H,25,29)/t20-/m0/s1. The van der Waals surface area contributed by atoms with Crippen LogP contribution in [0, 0.1) is 0 Å². The summed E-state index contributed by atoms with van der Waals surface area (Å²) < 4.78 is 0. The van der Waals surface area contributed by atoms with E-state index in [4.69, 9.17) is 11.6 Å². The second kappa shape index (κ2) is 10.8. The molecule has 0 spiro atoms. The Balaban J connectivity index is 1.84. The van der Waals surface area contributed by atoms with Crippen molar-refractivity contribution in [1.29, 1.82) is 0 Å². The first kappa shape index (κ1) is 22.7. The molecule has 0 aliphatic carbocycles. The molecule has 6 nitrogen and oxygen atoms in total. The summed E-state index contributed by atoms with van der Waals surface area (Å²) in [6.45, 7) is 0.731. The van der Waals surface area contributed by atoms with Gasteiger partial charge in [-0.15, -0.1) is 0 Å². The van der Waals surface area contributed by atoms with Crippen molar-refractivity contribution in [2.45, 2.75) is 12.5 Å². The molecule has 29 heavy (non-hydrogen) atoms. The van der Waals surface area contributed by atoms with Crippen LogP contribution in [0.15, 0.2) is 48.5 Å². The van der Waals surface area contributed by atoms with Gasteiger partial charge in [-0.1, -0.05) is 35.9 Å². The fourth-order valence-electron chi connectivity index (χ4n) is 2.91. The molecule has 0 heterocycles. The van der Waals surface area contributed by atoms with Gasteiger partial charge in [0.25, 0.3) is 0 Å². The van der Waals surface area contributed by atoms with Crippen molar-refractivity contribution in [3.8, 4) is 0 Å². The highest BCUT2D eigenvalue weighted by Gasteiger charge is 2.18. The van der Waals surface area contributed by atoms with E-state index in [2.05, 4.69) is 10.6 Å². The average molecular weight is 417 g/mol. The Labute approximate surface area is 177 Å². The number of carbonyl (C=O) groups is 2. The largest absolute Gasteiger partial charge is 0.378 e. The summed E-state index contributed by atoms with van der Waals surface area (Å²) in [6, 6.07) is 15.5. The third-order valence-electron chi connectivity index (χ3n) is 4.69. The van der Waals surface area contributed by atoms with Gasteiger partial charge in [0.05, 0.1) is 6.04 Å². The Bertz CT molecular complexity index is 805. The molecule has 0 fully saturated rings. The zero-order valence-electron chi connectivity index (χ0n) is 17.4.